The summed E-state index contributed by atoms with van der Waals surface area (Å²) in [6.07, 6.45) is 0. The van der Waals surface area contributed by atoms with E-state index in [1.807, 2.05) is 19.1 Å². The molecule has 2 rings (SSSR count). The Morgan fingerprint density at radius 2 is 1.81 bits per heavy atom. The second-order valence-corrected chi connectivity index (χ2v) is 6.23. The molecule has 0 N–H and O–H groups in total. The lowest BCUT2D eigenvalue weighted by Gasteiger charge is -2.07. The molecule has 0 fully saturated rings. The summed E-state index contributed by atoms with van der Waals surface area (Å²) < 4.78 is 38.5. The van der Waals surface area contributed by atoms with Gasteiger partial charge in [-0.15, -0.1) is 0 Å². The second kappa shape index (κ2) is 6.26. The first-order chi connectivity index (χ1) is 9.88. The number of hydrogen-bond donors (Lipinski definition) is 0. The van der Waals surface area contributed by atoms with Gasteiger partial charge in [0.2, 0.25) is 0 Å². The van der Waals surface area contributed by atoms with Gasteiger partial charge in [-0.2, -0.15) is 0 Å². The largest absolute Gasteiger partial charge is 0.293 e. The Labute approximate surface area is 124 Å². The normalized spacial score (nSPS) is 12.2. The SMILES string of the molecule is Cc1ccc(C)c(C(=O)CS(=O)c2ccc(F)cc2F)c1. The summed E-state index contributed by atoms with van der Waals surface area (Å²) in [5.74, 6) is -2.29. The summed E-state index contributed by atoms with van der Waals surface area (Å²) in [5.41, 5.74) is 2.18. The molecule has 0 spiro atoms. The van der Waals surface area contributed by atoms with E-state index in [1.165, 1.54) is 0 Å². The highest BCUT2D eigenvalue weighted by atomic mass is 32.2. The fourth-order valence-electron chi connectivity index (χ4n) is 1.97. The van der Waals surface area contributed by atoms with Crippen molar-refractivity contribution in [2.45, 2.75) is 18.7 Å². The average molecular weight is 308 g/mol. The van der Waals surface area contributed by atoms with Crippen LogP contribution < -0.4 is 0 Å². The Hall–Kier alpha value is -1.88. The number of carbonyl (C=O) groups excluding carboxylic acids is 1. The van der Waals surface area contributed by atoms with E-state index in [9.17, 15) is 17.8 Å². The highest BCUT2D eigenvalue weighted by Gasteiger charge is 2.17. The van der Waals surface area contributed by atoms with Crippen LogP contribution in [0.2, 0.25) is 0 Å². The van der Waals surface area contributed by atoms with Gasteiger partial charge in [0, 0.05) is 11.6 Å². The van der Waals surface area contributed by atoms with Crippen LogP contribution in [0, 0.1) is 25.5 Å². The molecule has 0 aliphatic carbocycles. The van der Waals surface area contributed by atoms with Crippen molar-refractivity contribution in [3.05, 3.63) is 64.7 Å². The highest BCUT2D eigenvalue weighted by molar-refractivity contribution is 7.85. The van der Waals surface area contributed by atoms with Crippen LogP contribution in [-0.4, -0.2) is 15.7 Å². The van der Waals surface area contributed by atoms with Gasteiger partial charge in [0.15, 0.2) is 5.78 Å². The van der Waals surface area contributed by atoms with Gasteiger partial charge < -0.3 is 0 Å². The van der Waals surface area contributed by atoms with Gasteiger partial charge >= 0.3 is 0 Å². The summed E-state index contributed by atoms with van der Waals surface area (Å²) in [6.45, 7) is 3.64. The van der Waals surface area contributed by atoms with Crippen molar-refractivity contribution in [2.24, 2.45) is 0 Å². The Morgan fingerprint density at radius 3 is 2.48 bits per heavy atom. The van der Waals surface area contributed by atoms with Gasteiger partial charge in [-0.1, -0.05) is 17.7 Å². The molecule has 0 aromatic heterocycles. The molecule has 2 nitrogen and oxygen atoms in total. The third-order valence-corrected chi connectivity index (χ3v) is 4.44. The van der Waals surface area contributed by atoms with Gasteiger partial charge in [0.25, 0.3) is 0 Å². The molecule has 2 aromatic rings. The number of halogens is 2. The van der Waals surface area contributed by atoms with Crippen LogP contribution in [0.5, 0.6) is 0 Å². The summed E-state index contributed by atoms with van der Waals surface area (Å²) >= 11 is 0. The molecule has 5 heteroatoms. The smallest absolute Gasteiger partial charge is 0.175 e. The minimum Gasteiger partial charge on any atom is -0.293 e. The van der Waals surface area contributed by atoms with E-state index in [-0.39, 0.29) is 16.4 Å². The van der Waals surface area contributed by atoms with Crippen LogP contribution in [0.4, 0.5) is 8.78 Å². The minimum atomic E-state index is -1.84. The quantitative estimate of drug-likeness (QED) is 0.809. The van der Waals surface area contributed by atoms with E-state index in [2.05, 4.69) is 0 Å². The fourth-order valence-corrected chi connectivity index (χ4v) is 3.02. The van der Waals surface area contributed by atoms with Gasteiger partial charge in [0.1, 0.15) is 11.6 Å². The monoisotopic (exact) mass is 308 g/mol. The highest BCUT2D eigenvalue weighted by Crippen LogP contribution is 2.17. The molecule has 0 amide bonds. The predicted molar refractivity (Wildman–Crippen MR) is 77.9 cm³/mol. The molecule has 1 unspecified atom stereocenters. The van der Waals surface area contributed by atoms with Crippen molar-refractivity contribution in [3.63, 3.8) is 0 Å². The Kier molecular flexibility index (Phi) is 4.63. The molecule has 21 heavy (non-hydrogen) atoms. The number of rotatable bonds is 4. The zero-order valence-electron chi connectivity index (χ0n) is 11.7. The van der Waals surface area contributed by atoms with Crippen molar-refractivity contribution >= 4 is 16.6 Å². The number of carbonyl (C=O) groups is 1. The number of benzene rings is 2. The zero-order chi connectivity index (χ0) is 15.6. The maximum atomic E-state index is 13.6. The summed E-state index contributed by atoms with van der Waals surface area (Å²) in [5, 5.41) is 0. The van der Waals surface area contributed by atoms with E-state index in [0.29, 0.717) is 11.6 Å². The van der Waals surface area contributed by atoms with E-state index < -0.39 is 22.4 Å². The average Bonchev–Trinajstić information content (AvgIpc) is 2.41. The van der Waals surface area contributed by atoms with Crippen LogP contribution in [0.25, 0.3) is 0 Å². The molecule has 0 aliphatic rings. The maximum Gasteiger partial charge on any atom is 0.175 e. The number of aryl methyl sites for hydroxylation is 2. The number of ketones is 1. The van der Waals surface area contributed by atoms with Gasteiger partial charge in [-0.3, -0.25) is 9.00 Å². The molecule has 2 aromatic carbocycles. The lowest BCUT2D eigenvalue weighted by molar-refractivity contribution is 0.102. The van der Waals surface area contributed by atoms with Crippen LogP contribution >= 0.6 is 0 Å². The topological polar surface area (TPSA) is 34.1 Å². The van der Waals surface area contributed by atoms with Crippen LogP contribution in [0.3, 0.4) is 0 Å². The Balaban J connectivity index is 2.23. The standard InChI is InChI=1S/C16H14F2O2S/c1-10-3-4-11(2)13(7-10)15(19)9-21(20)16-6-5-12(17)8-14(16)18/h3-8H,9H2,1-2H3. The molecule has 0 saturated heterocycles. The molecule has 110 valence electrons. The first kappa shape index (κ1) is 15.5. The molecule has 1 atom stereocenters. The zero-order valence-corrected chi connectivity index (χ0v) is 12.5. The third-order valence-electron chi connectivity index (χ3n) is 3.09. The Morgan fingerprint density at radius 1 is 1.10 bits per heavy atom. The molecule has 0 saturated carbocycles. The van der Waals surface area contributed by atoms with Crippen molar-refractivity contribution in [1.82, 2.24) is 0 Å². The predicted octanol–water partition coefficient (Wildman–Crippen LogP) is 3.57. The van der Waals surface area contributed by atoms with E-state index in [4.69, 9.17) is 0 Å². The lowest BCUT2D eigenvalue weighted by atomic mass is 10.0. The molecule has 0 bridgehead atoms. The van der Waals surface area contributed by atoms with Crippen LogP contribution in [-0.2, 0) is 10.8 Å². The van der Waals surface area contributed by atoms with E-state index in [0.717, 1.165) is 23.3 Å². The van der Waals surface area contributed by atoms with Crippen molar-refractivity contribution < 1.29 is 17.8 Å². The lowest BCUT2D eigenvalue weighted by Crippen LogP contribution is -2.13. The summed E-state index contributed by atoms with van der Waals surface area (Å²) in [4.78, 5) is 12.0. The van der Waals surface area contributed by atoms with E-state index in [1.54, 1.807) is 13.0 Å². The van der Waals surface area contributed by atoms with Crippen LogP contribution in [0.1, 0.15) is 21.5 Å². The third kappa shape index (κ3) is 3.61. The first-order valence-electron chi connectivity index (χ1n) is 6.32. The summed E-state index contributed by atoms with van der Waals surface area (Å²) in [7, 11) is -1.84. The second-order valence-electron chi connectivity index (χ2n) is 4.81. The maximum absolute atomic E-state index is 13.6. The fraction of sp³-hybridized carbons (Fsp3) is 0.188. The molecular formula is C16H14F2O2S. The van der Waals surface area contributed by atoms with Gasteiger partial charge in [0.05, 0.1) is 21.4 Å². The molecule has 0 heterocycles. The molecule has 0 radical (unpaired) electrons. The summed E-state index contributed by atoms with van der Waals surface area (Å²) in [6, 6.07) is 8.20. The van der Waals surface area contributed by atoms with Crippen molar-refractivity contribution in [1.29, 1.82) is 0 Å². The minimum absolute atomic E-state index is 0.157. The van der Waals surface area contributed by atoms with Gasteiger partial charge in [-0.25, -0.2) is 8.78 Å². The first-order valence-corrected chi connectivity index (χ1v) is 7.64. The number of Topliss-reactive ketones (excluding diaryl/α,β-unsaturated/α-hetero) is 1. The van der Waals surface area contributed by atoms with E-state index >= 15 is 0 Å². The Bertz CT molecular complexity index is 726. The number of hydrogen-bond acceptors (Lipinski definition) is 2. The molecular weight excluding hydrogens is 294 g/mol. The van der Waals surface area contributed by atoms with Crippen molar-refractivity contribution in [2.75, 3.05) is 5.75 Å². The van der Waals surface area contributed by atoms with Crippen LogP contribution in [0.15, 0.2) is 41.3 Å². The van der Waals surface area contributed by atoms with Crippen molar-refractivity contribution in [3.8, 4) is 0 Å². The van der Waals surface area contributed by atoms with Gasteiger partial charge in [-0.05, 0) is 37.6 Å². The molecule has 0 aliphatic heterocycles.